The molecule has 3 N–H and O–H groups in total. The van der Waals surface area contributed by atoms with Gasteiger partial charge in [-0.3, -0.25) is 9.59 Å². The van der Waals surface area contributed by atoms with Crippen molar-refractivity contribution in [1.29, 1.82) is 0 Å². The highest BCUT2D eigenvalue weighted by atomic mass is 35.5. The van der Waals surface area contributed by atoms with E-state index in [4.69, 9.17) is 11.6 Å². The van der Waals surface area contributed by atoms with Gasteiger partial charge in [-0.25, -0.2) is 0 Å². The standard InChI is InChI=1S/C18H20ClN3O2/c1-2-11-20-17(23)12-21-15-5-3-4-6-16(15)22-18(24)13-7-9-14(19)10-8-13/h3-10,21H,2,11-12H2,1H3,(H,20,23)(H,22,24). The second kappa shape index (κ2) is 8.93. The number of hydrogen-bond acceptors (Lipinski definition) is 3. The van der Waals surface area contributed by atoms with Gasteiger partial charge in [0.25, 0.3) is 5.91 Å². The third-order valence-electron chi connectivity index (χ3n) is 3.29. The molecule has 0 aliphatic heterocycles. The van der Waals surface area contributed by atoms with Gasteiger partial charge in [-0.15, -0.1) is 0 Å². The summed E-state index contributed by atoms with van der Waals surface area (Å²) < 4.78 is 0. The lowest BCUT2D eigenvalue weighted by molar-refractivity contribution is -0.119. The molecular formula is C18H20ClN3O2. The van der Waals surface area contributed by atoms with Crippen LogP contribution < -0.4 is 16.0 Å². The van der Waals surface area contributed by atoms with Crippen LogP contribution in [0, 0.1) is 0 Å². The predicted octanol–water partition coefficient (Wildman–Crippen LogP) is 3.53. The van der Waals surface area contributed by atoms with Crippen molar-refractivity contribution in [3.63, 3.8) is 0 Å². The van der Waals surface area contributed by atoms with E-state index in [1.807, 2.05) is 25.1 Å². The van der Waals surface area contributed by atoms with Gasteiger partial charge in [-0.1, -0.05) is 30.7 Å². The van der Waals surface area contributed by atoms with Crippen LogP contribution in [0.2, 0.25) is 5.02 Å². The first-order chi connectivity index (χ1) is 11.6. The van der Waals surface area contributed by atoms with Gasteiger partial charge in [0, 0.05) is 17.1 Å². The number of hydrogen-bond donors (Lipinski definition) is 3. The molecule has 24 heavy (non-hydrogen) atoms. The van der Waals surface area contributed by atoms with Gasteiger partial charge < -0.3 is 16.0 Å². The predicted molar refractivity (Wildman–Crippen MR) is 97.6 cm³/mol. The summed E-state index contributed by atoms with van der Waals surface area (Å²) in [7, 11) is 0. The Bertz CT molecular complexity index is 702. The Balaban J connectivity index is 2.01. The van der Waals surface area contributed by atoms with Crippen LogP contribution in [-0.2, 0) is 4.79 Å². The normalized spacial score (nSPS) is 10.1. The number of carbonyl (C=O) groups excluding carboxylic acids is 2. The van der Waals surface area contributed by atoms with Crippen LogP contribution in [0.15, 0.2) is 48.5 Å². The van der Waals surface area contributed by atoms with Gasteiger partial charge in [0.1, 0.15) is 0 Å². The summed E-state index contributed by atoms with van der Waals surface area (Å²) >= 11 is 5.83. The maximum Gasteiger partial charge on any atom is 0.255 e. The Morgan fingerprint density at radius 3 is 2.33 bits per heavy atom. The van der Waals surface area contributed by atoms with Gasteiger partial charge in [-0.2, -0.15) is 0 Å². The first-order valence-electron chi connectivity index (χ1n) is 7.76. The zero-order valence-corrected chi connectivity index (χ0v) is 14.2. The third-order valence-corrected chi connectivity index (χ3v) is 3.55. The molecule has 0 atom stereocenters. The SMILES string of the molecule is CCCNC(=O)CNc1ccccc1NC(=O)c1ccc(Cl)cc1. The van der Waals surface area contributed by atoms with Gasteiger partial charge in [0.05, 0.1) is 17.9 Å². The van der Waals surface area contributed by atoms with Crippen LogP contribution in [0.5, 0.6) is 0 Å². The van der Waals surface area contributed by atoms with Gasteiger partial charge >= 0.3 is 0 Å². The number of benzene rings is 2. The summed E-state index contributed by atoms with van der Waals surface area (Å²) in [5, 5.41) is 9.25. The maximum absolute atomic E-state index is 12.3. The van der Waals surface area contributed by atoms with Crippen LogP contribution >= 0.6 is 11.6 Å². The smallest absolute Gasteiger partial charge is 0.255 e. The molecule has 126 valence electrons. The van der Waals surface area contributed by atoms with Crippen molar-refractivity contribution in [2.45, 2.75) is 13.3 Å². The Kier molecular flexibility index (Phi) is 6.63. The minimum Gasteiger partial charge on any atom is -0.374 e. The van der Waals surface area contributed by atoms with Crippen molar-refractivity contribution in [1.82, 2.24) is 5.32 Å². The minimum atomic E-state index is -0.239. The molecule has 2 amide bonds. The van der Waals surface area contributed by atoms with E-state index in [0.29, 0.717) is 28.5 Å². The number of carbonyl (C=O) groups is 2. The van der Waals surface area contributed by atoms with Gasteiger partial charge in [-0.05, 0) is 42.8 Å². The molecule has 0 saturated carbocycles. The van der Waals surface area contributed by atoms with Crippen molar-refractivity contribution >= 4 is 34.8 Å². The molecule has 5 nitrogen and oxygen atoms in total. The van der Waals surface area contributed by atoms with E-state index in [1.165, 1.54) is 0 Å². The molecule has 2 aromatic carbocycles. The summed E-state index contributed by atoms with van der Waals surface area (Å²) in [6.07, 6.45) is 0.888. The van der Waals surface area contributed by atoms with Crippen LogP contribution in [0.25, 0.3) is 0 Å². The zero-order chi connectivity index (χ0) is 17.4. The van der Waals surface area contributed by atoms with E-state index < -0.39 is 0 Å². The monoisotopic (exact) mass is 345 g/mol. The Labute approximate surface area is 146 Å². The molecule has 2 aromatic rings. The third kappa shape index (κ3) is 5.28. The molecule has 6 heteroatoms. The second-order valence-corrected chi connectivity index (χ2v) is 5.65. The van der Waals surface area contributed by atoms with Crippen LogP contribution in [0.4, 0.5) is 11.4 Å². The van der Waals surface area contributed by atoms with Crippen molar-refractivity contribution in [3.8, 4) is 0 Å². The van der Waals surface area contributed by atoms with Crippen LogP contribution in [0.1, 0.15) is 23.7 Å². The highest BCUT2D eigenvalue weighted by molar-refractivity contribution is 6.30. The number of halogens is 1. The average molecular weight is 346 g/mol. The second-order valence-electron chi connectivity index (χ2n) is 5.21. The lowest BCUT2D eigenvalue weighted by atomic mass is 10.2. The Morgan fingerprint density at radius 2 is 1.67 bits per heavy atom. The van der Waals surface area contributed by atoms with E-state index in [2.05, 4.69) is 16.0 Å². The first-order valence-corrected chi connectivity index (χ1v) is 8.14. The zero-order valence-electron chi connectivity index (χ0n) is 13.4. The average Bonchev–Trinajstić information content (AvgIpc) is 2.59. The van der Waals surface area contributed by atoms with E-state index >= 15 is 0 Å². The van der Waals surface area contributed by atoms with E-state index in [0.717, 1.165) is 6.42 Å². The molecule has 0 spiro atoms. The van der Waals surface area contributed by atoms with Crippen molar-refractivity contribution in [3.05, 3.63) is 59.1 Å². The summed E-state index contributed by atoms with van der Waals surface area (Å²) in [4.78, 5) is 24.0. The van der Waals surface area contributed by atoms with Crippen molar-refractivity contribution in [2.75, 3.05) is 23.7 Å². The highest BCUT2D eigenvalue weighted by Crippen LogP contribution is 2.21. The molecule has 0 heterocycles. The van der Waals surface area contributed by atoms with Gasteiger partial charge in [0.2, 0.25) is 5.91 Å². The molecule has 0 saturated heterocycles. The first kappa shape index (κ1) is 17.8. The fraction of sp³-hybridized carbons (Fsp3) is 0.222. The summed E-state index contributed by atoms with van der Waals surface area (Å²) in [5.74, 6) is -0.327. The van der Waals surface area contributed by atoms with Gasteiger partial charge in [0.15, 0.2) is 0 Å². The lowest BCUT2D eigenvalue weighted by Crippen LogP contribution is -2.30. The Hall–Kier alpha value is -2.53. The van der Waals surface area contributed by atoms with E-state index in [9.17, 15) is 9.59 Å². The molecular weight excluding hydrogens is 326 g/mol. The Morgan fingerprint density at radius 1 is 1.00 bits per heavy atom. The quantitative estimate of drug-likeness (QED) is 0.719. The van der Waals surface area contributed by atoms with Crippen LogP contribution in [0.3, 0.4) is 0 Å². The number of nitrogens with one attached hydrogen (secondary N) is 3. The maximum atomic E-state index is 12.3. The summed E-state index contributed by atoms with van der Waals surface area (Å²) in [5.41, 5.74) is 1.81. The summed E-state index contributed by atoms with van der Waals surface area (Å²) in [6.45, 7) is 2.79. The summed E-state index contributed by atoms with van der Waals surface area (Å²) in [6, 6.07) is 13.9. The fourth-order valence-electron chi connectivity index (χ4n) is 2.04. The van der Waals surface area contributed by atoms with Crippen LogP contribution in [-0.4, -0.2) is 24.9 Å². The molecule has 0 aliphatic carbocycles. The van der Waals surface area contributed by atoms with Crippen molar-refractivity contribution in [2.24, 2.45) is 0 Å². The lowest BCUT2D eigenvalue weighted by Gasteiger charge is -2.13. The topological polar surface area (TPSA) is 70.2 Å². The number of anilines is 2. The molecule has 2 rings (SSSR count). The minimum absolute atomic E-state index is 0.0873. The molecule has 0 fully saturated rings. The molecule has 0 bridgehead atoms. The number of amides is 2. The molecule has 0 radical (unpaired) electrons. The largest absolute Gasteiger partial charge is 0.374 e. The number of rotatable bonds is 7. The molecule has 0 unspecified atom stereocenters. The van der Waals surface area contributed by atoms with Crippen molar-refractivity contribution < 1.29 is 9.59 Å². The number of para-hydroxylation sites is 2. The highest BCUT2D eigenvalue weighted by Gasteiger charge is 2.09. The fourth-order valence-corrected chi connectivity index (χ4v) is 2.17. The van der Waals surface area contributed by atoms with E-state index in [-0.39, 0.29) is 18.4 Å². The molecule has 0 aliphatic rings. The van der Waals surface area contributed by atoms with E-state index in [1.54, 1.807) is 30.3 Å². The molecule has 0 aromatic heterocycles.